The number of benzene rings is 2. The second kappa shape index (κ2) is 8.67. The normalized spacial score (nSPS) is 12.4. The molecule has 0 unspecified atom stereocenters. The minimum absolute atomic E-state index is 0.0458. The fraction of sp³-hybridized carbons (Fsp3) is 0.158. The Morgan fingerprint density at radius 2 is 1.82 bits per heavy atom. The Morgan fingerprint density at radius 1 is 1.11 bits per heavy atom. The van der Waals surface area contributed by atoms with Crippen LogP contribution in [0.15, 0.2) is 48.5 Å². The number of nitro groups is 1. The van der Waals surface area contributed by atoms with Gasteiger partial charge in [0, 0.05) is 30.0 Å². The van der Waals surface area contributed by atoms with E-state index in [1.165, 1.54) is 30.3 Å². The van der Waals surface area contributed by atoms with Gasteiger partial charge in [-0.2, -0.15) is 0 Å². The van der Waals surface area contributed by atoms with Crippen molar-refractivity contribution in [1.29, 1.82) is 0 Å². The topological polar surface area (TPSA) is 117 Å². The molecule has 9 heteroatoms. The summed E-state index contributed by atoms with van der Waals surface area (Å²) in [6.45, 7) is 0.447. The molecule has 0 spiro atoms. The van der Waals surface area contributed by atoms with Crippen molar-refractivity contribution in [3.63, 3.8) is 0 Å². The lowest BCUT2D eigenvalue weighted by molar-refractivity contribution is -0.384. The van der Waals surface area contributed by atoms with Gasteiger partial charge in [0.1, 0.15) is 13.2 Å². The lowest BCUT2D eigenvalue weighted by Gasteiger charge is -2.18. The Kier molecular flexibility index (Phi) is 5.85. The van der Waals surface area contributed by atoms with Gasteiger partial charge in [0.2, 0.25) is 0 Å². The van der Waals surface area contributed by atoms with Crippen LogP contribution in [0.4, 0.5) is 11.4 Å². The Bertz CT molecular complexity index is 922. The molecular weight excluding hydrogens is 368 g/mol. The number of hydrogen-bond donors (Lipinski definition) is 1. The van der Waals surface area contributed by atoms with Crippen LogP contribution in [0.3, 0.4) is 0 Å². The van der Waals surface area contributed by atoms with E-state index in [1.54, 1.807) is 18.2 Å². The van der Waals surface area contributed by atoms with E-state index in [9.17, 15) is 19.7 Å². The van der Waals surface area contributed by atoms with Crippen molar-refractivity contribution in [3.05, 3.63) is 64.2 Å². The summed E-state index contributed by atoms with van der Waals surface area (Å²) < 4.78 is 15.7. The molecule has 0 saturated heterocycles. The van der Waals surface area contributed by atoms with E-state index in [-0.39, 0.29) is 5.69 Å². The largest absolute Gasteiger partial charge is 0.486 e. The van der Waals surface area contributed by atoms with Crippen LogP contribution in [0.1, 0.15) is 5.56 Å². The summed E-state index contributed by atoms with van der Waals surface area (Å²) in [6.07, 6.45) is 2.57. The molecule has 3 rings (SSSR count). The van der Waals surface area contributed by atoms with E-state index < -0.39 is 23.4 Å². The first-order valence-corrected chi connectivity index (χ1v) is 8.30. The molecule has 0 aromatic heterocycles. The molecule has 144 valence electrons. The third-order valence-electron chi connectivity index (χ3n) is 3.69. The highest BCUT2D eigenvalue weighted by Crippen LogP contribution is 2.32. The van der Waals surface area contributed by atoms with Crippen LogP contribution in [0.2, 0.25) is 0 Å². The van der Waals surface area contributed by atoms with E-state index in [0.717, 1.165) is 6.08 Å². The van der Waals surface area contributed by atoms with Crippen molar-refractivity contribution < 1.29 is 28.7 Å². The number of nitro benzene ring substituents is 1. The van der Waals surface area contributed by atoms with Crippen LogP contribution in [0.25, 0.3) is 6.08 Å². The Hall–Kier alpha value is -3.88. The van der Waals surface area contributed by atoms with Crippen LogP contribution in [0, 0.1) is 10.1 Å². The third-order valence-corrected chi connectivity index (χ3v) is 3.69. The van der Waals surface area contributed by atoms with E-state index in [0.29, 0.717) is 36.0 Å². The van der Waals surface area contributed by atoms with E-state index >= 15 is 0 Å². The number of fused-ring (bicyclic) bond motifs is 1. The van der Waals surface area contributed by atoms with Crippen molar-refractivity contribution in [2.45, 2.75) is 0 Å². The fourth-order valence-electron chi connectivity index (χ4n) is 2.37. The summed E-state index contributed by atoms with van der Waals surface area (Å²) in [4.78, 5) is 33.7. The molecule has 2 aromatic rings. The lowest BCUT2D eigenvalue weighted by Crippen LogP contribution is -2.20. The van der Waals surface area contributed by atoms with Crippen molar-refractivity contribution in [3.8, 4) is 11.5 Å². The minimum atomic E-state index is -0.712. The Morgan fingerprint density at radius 3 is 2.54 bits per heavy atom. The molecule has 9 nitrogen and oxygen atoms in total. The number of anilines is 1. The second-order valence-electron chi connectivity index (χ2n) is 5.70. The first-order chi connectivity index (χ1) is 13.5. The van der Waals surface area contributed by atoms with Gasteiger partial charge in [0.25, 0.3) is 11.6 Å². The predicted octanol–water partition coefficient (Wildman–Crippen LogP) is 2.56. The molecule has 0 atom stereocenters. The van der Waals surface area contributed by atoms with Crippen LogP contribution >= 0.6 is 0 Å². The number of amides is 1. The first-order valence-electron chi connectivity index (χ1n) is 8.30. The molecule has 2 aromatic carbocycles. The zero-order chi connectivity index (χ0) is 19.9. The van der Waals surface area contributed by atoms with Crippen molar-refractivity contribution in [2.75, 3.05) is 25.1 Å². The zero-order valence-electron chi connectivity index (χ0n) is 14.6. The number of esters is 1. The standard InChI is InChI=1S/C19H16N2O7/c22-18(20-14-4-7-16-17(11-14)27-10-9-26-16)12-28-19(23)8-3-13-1-5-15(6-2-13)21(24)25/h1-8,11H,9-10,12H2,(H,20,22)/b8-3+. The molecule has 0 radical (unpaired) electrons. The van der Waals surface area contributed by atoms with Gasteiger partial charge in [-0.15, -0.1) is 0 Å². The summed E-state index contributed by atoms with van der Waals surface area (Å²) in [5, 5.41) is 13.2. The molecule has 28 heavy (non-hydrogen) atoms. The third kappa shape index (κ3) is 5.07. The van der Waals surface area contributed by atoms with Crippen LogP contribution in [-0.4, -0.2) is 36.6 Å². The van der Waals surface area contributed by atoms with E-state index in [2.05, 4.69) is 5.32 Å². The number of carbonyl (C=O) groups is 2. The van der Waals surface area contributed by atoms with Gasteiger partial charge >= 0.3 is 5.97 Å². The van der Waals surface area contributed by atoms with Gasteiger partial charge in [-0.3, -0.25) is 14.9 Å². The number of non-ortho nitro benzene ring substituents is 1. The summed E-state index contributed by atoms with van der Waals surface area (Å²) in [5.41, 5.74) is 1.03. The molecule has 0 saturated carbocycles. The molecule has 1 aliphatic heterocycles. The van der Waals surface area contributed by atoms with Crippen LogP contribution in [-0.2, 0) is 14.3 Å². The van der Waals surface area contributed by atoms with Gasteiger partial charge in [-0.25, -0.2) is 4.79 Å². The predicted molar refractivity (Wildman–Crippen MR) is 99.2 cm³/mol. The SMILES string of the molecule is O=C(COC(=O)/C=C/c1ccc([N+](=O)[O-])cc1)Nc1ccc2c(c1)OCCO2. The number of ether oxygens (including phenoxy) is 3. The Balaban J connectivity index is 1.47. The van der Waals surface area contributed by atoms with Crippen LogP contribution in [0.5, 0.6) is 11.5 Å². The molecule has 0 aliphatic carbocycles. The molecule has 1 heterocycles. The molecule has 1 N–H and O–H groups in total. The first kappa shape index (κ1) is 18.9. The minimum Gasteiger partial charge on any atom is -0.486 e. The average molecular weight is 384 g/mol. The van der Waals surface area contributed by atoms with Gasteiger partial charge in [0.05, 0.1) is 4.92 Å². The highest BCUT2D eigenvalue weighted by molar-refractivity contribution is 5.94. The van der Waals surface area contributed by atoms with Crippen molar-refractivity contribution in [1.82, 2.24) is 0 Å². The van der Waals surface area contributed by atoms with E-state index in [1.807, 2.05) is 0 Å². The summed E-state index contributed by atoms with van der Waals surface area (Å²) in [7, 11) is 0. The van der Waals surface area contributed by atoms with Crippen LogP contribution < -0.4 is 14.8 Å². The lowest BCUT2D eigenvalue weighted by atomic mass is 10.2. The highest BCUT2D eigenvalue weighted by Gasteiger charge is 2.13. The zero-order valence-corrected chi connectivity index (χ0v) is 14.6. The van der Waals surface area contributed by atoms with Gasteiger partial charge in [-0.05, 0) is 35.9 Å². The maximum Gasteiger partial charge on any atom is 0.331 e. The monoisotopic (exact) mass is 384 g/mol. The number of hydrogen-bond acceptors (Lipinski definition) is 7. The fourth-order valence-corrected chi connectivity index (χ4v) is 2.37. The van der Waals surface area contributed by atoms with Crippen molar-refractivity contribution in [2.24, 2.45) is 0 Å². The smallest absolute Gasteiger partial charge is 0.331 e. The molecule has 1 amide bonds. The summed E-state index contributed by atoms with van der Waals surface area (Å²) in [5.74, 6) is -0.0800. The molecule has 0 bridgehead atoms. The summed E-state index contributed by atoms with van der Waals surface area (Å²) >= 11 is 0. The van der Waals surface area contributed by atoms with Crippen molar-refractivity contribution >= 4 is 29.3 Å². The Labute approximate surface area is 159 Å². The number of carbonyl (C=O) groups excluding carboxylic acids is 2. The van der Waals surface area contributed by atoms with Gasteiger partial charge in [-0.1, -0.05) is 0 Å². The van der Waals surface area contributed by atoms with Gasteiger partial charge < -0.3 is 19.5 Å². The van der Waals surface area contributed by atoms with Gasteiger partial charge in [0.15, 0.2) is 18.1 Å². The maximum absolute atomic E-state index is 11.9. The molecular formula is C19H16N2O7. The highest BCUT2D eigenvalue weighted by atomic mass is 16.6. The second-order valence-corrected chi connectivity index (χ2v) is 5.70. The average Bonchev–Trinajstić information content (AvgIpc) is 2.71. The summed E-state index contributed by atoms with van der Waals surface area (Å²) in [6, 6.07) is 10.6. The van der Waals surface area contributed by atoms with E-state index in [4.69, 9.17) is 14.2 Å². The quantitative estimate of drug-likeness (QED) is 0.352. The molecule has 1 aliphatic rings. The number of rotatable bonds is 6. The maximum atomic E-state index is 11.9. The molecule has 0 fully saturated rings. The number of nitrogens with one attached hydrogen (secondary N) is 1. The number of nitrogens with zero attached hydrogens (tertiary/aromatic N) is 1.